The third-order valence-electron chi connectivity index (χ3n) is 15.8. The Kier molecular flexibility index (Phi) is 12.1. The van der Waals surface area contributed by atoms with Crippen molar-refractivity contribution in [2.75, 3.05) is 24.7 Å². The summed E-state index contributed by atoms with van der Waals surface area (Å²) in [5.74, 6) is -1.63. The standard InChI is InChI=1S/C58H51ClN4O10S2/c1-57(2)48(60(31-12-32-61-53(64)40-15-5-6-16-41(40)54(61)65)44-27-25-36-38(50(44)57)19-10-21-46(36)74(68,69)70)29-23-34-13-9-14-35(52(34)59)24-30-49-58(3,4)51-39-20-11-22-47(75(71,72)73)37(39)26-28-45(51)62(49)33-63-55(66)42-17-7-8-18-43(42)56(63)67/h5-8,10-11,15-22,24-30,34H,9,12-14,23,31-33H2,1-4H3,(H-,68,69,70,71,72,73)/p+1. The highest BCUT2D eigenvalue weighted by molar-refractivity contribution is 7.86. The largest absolute Gasteiger partial charge is 0.344 e. The van der Waals surface area contributed by atoms with Crippen molar-refractivity contribution >= 4 is 94.1 Å². The monoisotopic (exact) mass is 1060 g/mol. The van der Waals surface area contributed by atoms with Crippen LogP contribution in [0, 0.1) is 5.92 Å². The van der Waals surface area contributed by atoms with Crippen molar-refractivity contribution in [1.82, 2.24) is 9.80 Å². The number of rotatable bonds is 12. The molecule has 75 heavy (non-hydrogen) atoms. The zero-order chi connectivity index (χ0) is 53.1. The molecule has 1 aliphatic carbocycles. The highest BCUT2D eigenvalue weighted by Crippen LogP contribution is 2.52. The van der Waals surface area contributed by atoms with Crippen LogP contribution in [-0.2, 0) is 31.1 Å². The molecule has 0 saturated heterocycles. The van der Waals surface area contributed by atoms with Gasteiger partial charge in [0.1, 0.15) is 9.79 Å². The highest BCUT2D eigenvalue weighted by Gasteiger charge is 2.49. The summed E-state index contributed by atoms with van der Waals surface area (Å²) in [6.45, 7) is 8.62. The first-order chi connectivity index (χ1) is 35.6. The zero-order valence-corrected chi connectivity index (χ0v) is 43.9. The summed E-state index contributed by atoms with van der Waals surface area (Å²) in [7, 11) is -9.15. The molecule has 6 aromatic rings. The smallest absolute Gasteiger partial charge is 0.295 e. The van der Waals surface area contributed by atoms with E-state index in [0.717, 1.165) is 46.6 Å². The van der Waals surface area contributed by atoms with E-state index in [9.17, 15) is 45.1 Å². The van der Waals surface area contributed by atoms with Crippen LogP contribution in [0.15, 0.2) is 154 Å². The summed E-state index contributed by atoms with van der Waals surface area (Å²) in [6.07, 6.45) is 9.39. The van der Waals surface area contributed by atoms with Gasteiger partial charge >= 0.3 is 0 Å². The van der Waals surface area contributed by atoms with E-state index in [1.807, 2.05) is 42.7 Å². The zero-order valence-electron chi connectivity index (χ0n) is 41.5. The van der Waals surface area contributed by atoms with E-state index in [2.05, 4.69) is 24.8 Å². The number of imide groups is 2. The van der Waals surface area contributed by atoms with Crippen LogP contribution < -0.4 is 4.90 Å². The summed E-state index contributed by atoms with van der Waals surface area (Å²) in [5.41, 5.74) is 5.56. The van der Waals surface area contributed by atoms with Crippen molar-refractivity contribution in [3.8, 4) is 0 Å². The van der Waals surface area contributed by atoms with E-state index in [1.165, 1.54) is 21.9 Å². The van der Waals surface area contributed by atoms with Crippen LogP contribution in [0.1, 0.15) is 112 Å². The van der Waals surface area contributed by atoms with Gasteiger partial charge in [-0.1, -0.05) is 92.2 Å². The van der Waals surface area contributed by atoms with Gasteiger partial charge in [0.15, 0.2) is 5.71 Å². The number of benzene rings is 6. The van der Waals surface area contributed by atoms with E-state index in [4.69, 9.17) is 11.6 Å². The molecule has 4 amide bonds. The number of carbonyl (C=O) groups excluding carboxylic acids is 4. The quantitative estimate of drug-likeness (QED) is 0.0674. The Balaban J connectivity index is 0.946. The predicted octanol–water partition coefficient (Wildman–Crippen LogP) is 10.7. The molecule has 5 aliphatic rings. The Hall–Kier alpha value is -7.08. The van der Waals surface area contributed by atoms with Gasteiger partial charge < -0.3 is 4.90 Å². The van der Waals surface area contributed by atoms with E-state index >= 15 is 0 Å². The third kappa shape index (κ3) is 8.07. The molecule has 1 atom stereocenters. The summed E-state index contributed by atoms with van der Waals surface area (Å²) in [5, 5.41) is 2.65. The molecule has 2 N–H and O–H groups in total. The Morgan fingerprint density at radius 2 is 1.13 bits per heavy atom. The number of carbonyl (C=O) groups is 4. The lowest BCUT2D eigenvalue weighted by molar-refractivity contribution is -0.454. The van der Waals surface area contributed by atoms with Crippen molar-refractivity contribution in [2.45, 2.75) is 80.4 Å². The topological polar surface area (TPSA) is 190 Å². The van der Waals surface area contributed by atoms with Crippen LogP contribution >= 0.6 is 11.6 Å². The molecule has 382 valence electrons. The first kappa shape index (κ1) is 50.1. The third-order valence-corrected chi connectivity index (χ3v) is 18.1. The normalized spacial score (nSPS) is 19.7. The second-order valence-electron chi connectivity index (χ2n) is 20.8. The van der Waals surface area contributed by atoms with Crippen LogP contribution in [0.4, 0.5) is 11.4 Å². The molecule has 0 bridgehead atoms. The lowest BCUT2D eigenvalue weighted by Gasteiger charge is -2.29. The lowest BCUT2D eigenvalue weighted by atomic mass is 9.78. The molecule has 1 unspecified atom stereocenters. The Morgan fingerprint density at radius 3 is 1.69 bits per heavy atom. The summed E-state index contributed by atoms with van der Waals surface area (Å²) in [4.78, 5) is 58.7. The van der Waals surface area contributed by atoms with Gasteiger partial charge in [-0.05, 0) is 122 Å². The maximum atomic E-state index is 13.9. The summed E-state index contributed by atoms with van der Waals surface area (Å²) >= 11 is 7.47. The van der Waals surface area contributed by atoms with Gasteiger partial charge in [-0.2, -0.15) is 21.4 Å². The van der Waals surface area contributed by atoms with Crippen molar-refractivity contribution in [2.24, 2.45) is 5.92 Å². The minimum absolute atomic E-state index is 0.105. The molecule has 6 aromatic carbocycles. The number of anilines is 1. The van der Waals surface area contributed by atoms with Crippen molar-refractivity contribution in [3.05, 3.63) is 177 Å². The number of hydrogen-bond acceptors (Lipinski definition) is 9. The van der Waals surface area contributed by atoms with E-state index < -0.39 is 42.9 Å². The Morgan fingerprint density at radius 1 is 0.613 bits per heavy atom. The van der Waals surface area contributed by atoms with Crippen LogP contribution in [0.3, 0.4) is 0 Å². The maximum Gasteiger partial charge on any atom is 0.295 e. The molecule has 0 radical (unpaired) electrons. The van der Waals surface area contributed by atoms with E-state index in [-0.39, 0.29) is 40.7 Å². The van der Waals surface area contributed by atoms with Gasteiger partial charge in [-0.3, -0.25) is 33.2 Å². The average molecular weight is 1060 g/mol. The second-order valence-corrected chi connectivity index (χ2v) is 24.0. The Labute approximate surface area is 439 Å². The van der Waals surface area contributed by atoms with Gasteiger partial charge in [0.05, 0.1) is 27.7 Å². The molecule has 11 rings (SSSR count). The highest BCUT2D eigenvalue weighted by atomic mass is 35.5. The van der Waals surface area contributed by atoms with Gasteiger partial charge in [-0.25, -0.2) is 4.90 Å². The first-order valence-corrected chi connectivity index (χ1v) is 28.0. The fourth-order valence-electron chi connectivity index (χ4n) is 12.3. The molecule has 17 heteroatoms. The summed E-state index contributed by atoms with van der Waals surface area (Å²) in [6, 6.07) is 30.0. The van der Waals surface area contributed by atoms with Gasteiger partial charge in [-0.15, -0.1) is 0 Å². The van der Waals surface area contributed by atoms with Crippen LogP contribution in [0.2, 0.25) is 0 Å². The number of amides is 4. The number of hydrogen-bond donors (Lipinski definition) is 2. The SMILES string of the molecule is CC1(C)C(=CCC2CCCC(C=CC3=[N+](CN4C(=O)c5ccccc5C4=O)c4ccc5c(S(=O)(=O)O)cccc5c4C3(C)C)=C2Cl)N(CCCN2C(=O)c3ccccc3C2=O)c2ccc3c(S(=O)(=O)O)cccc3c21. The number of halogens is 1. The minimum Gasteiger partial charge on any atom is -0.344 e. The maximum absolute atomic E-state index is 13.9. The van der Waals surface area contributed by atoms with Crippen molar-refractivity contribution in [3.63, 3.8) is 0 Å². The molecule has 4 heterocycles. The number of nitrogens with zero attached hydrogens (tertiary/aromatic N) is 4. The molecular weight excluding hydrogens is 1010 g/mol. The number of fused-ring (bicyclic) bond motifs is 8. The fourth-order valence-corrected chi connectivity index (χ4v) is 14.1. The van der Waals surface area contributed by atoms with Gasteiger partial charge in [0.25, 0.3) is 43.9 Å². The Bertz CT molecular complexity index is 3860. The molecule has 14 nitrogen and oxygen atoms in total. The van der Waals surface area contributed by atoms with Crippen LogP contribution in [0.25, 0.3) is 21.5 Å². The molecule has 0 saturated carbocycles. The lowest BCUT2D eigenvalue weighted by Crippen LogP contribution is -2.38. The van der Waals surface area contributed by atoms with Crippen molar-refractivity contribution < 1.29 is 49.7 Å². The molecule has 0 spiro atoms. The summed E-state index contributed by atoms with van der Waals surface area (Å²) < 4.78 is 72.8. The minimum atomic E-state index is -4.59. The number of allylic oxidation sites excluding steroid dienone is 6. The van der Waals surface area contributed by atoms with Gasteiger partial charge in [0, 0.05) is 63.4 Å². The van der Waals surface area contributed by atoms with Gasteiger partial charge in [0.2, 0.25) is 12.4 Å². The van der Waals surface area contributed by atoms with Crippen LogP contribution in [-0.4, -0.2) is 89.4 Å². The molecule has 0 fully saturated rings. The van der Waals surface area contributed by atoms with E-state index in [1.54, 1.807) is 84.9 Å². The van der Waals surface area contributed by atoms with Crippen LogP contribution in [0.5, 0.6) is 0 Å². The second kappa shape index (κ2) is 18.1. The fraction of sp³-hybridized carbons (Fsp3) is 0.259. The molecular formula is C58H52ClN4O10S2+. The predicted molar refractivity (Wildman–Crippen MR) is 286 cm³/mol. The van der Waals surface area contributed by atoms with Crippen molar-refractivity contribution in [1.29, 1.82) is 0 Å². The van der Waals surface area contributed by atoms with E-state index in [0.29, 0.717) is 80.3 Å². The molecule has 4 aliphatic heterocycles. The first-order valence-electron chi connectivity index (χ1n) is 24.8. The average Bonchev–Trinajstić information content (AvgIpc) is 3.97. The molecule has 0 aromatic heterocycles.